The SMILES string of the molecule is CCOc1cccc(CO)c1OCc1cc(F)cc(F)c1. The van der Waals surface area contributed by atoms with E-state index in [1.165, 1.54) is 12.1 Å². The summed E-state index contributed by atoms with van der Waals surface area (Å²) < 4.78 is 37.3. The molecule has 0 spiro atoms. The van der Waals surface area contributed by atoms with Crippen LogP contribution in [0.1, 0.15) is 18.1 Å². The predicted octanol–water partition coefficient (Wildman–Crippen LogP) is 3.43. The Hall–Kier alpha value is -2.14. The molecule has 0 amide bonds. The molecule has 0 aliphatic heterocycles. The van der Waals surface area contributed by atoms with Gasteiger partial charge in [-0.25, -0.2) is 8.78 Å². The molecule has 0 unspecified atom stereocenters. The number of aliphatic hydroxyl groups is 1. The maximum atomic E-state index is 13.1. The van der Waals surface area contributed by atoms with Gasteiger partial charge in [-0.3, -0.25) is 0 Å². The number of halogens is 2. The van der Waals surface area contributed by atoms with Gasteiger partial charge in [0, 0.05) is 11.6 Å². The Balaban J connectivity index is 2.22. The monoisotopic (exact) mass is 294 g/mol. The Morgan fingerprint density at radius 3 is 2.38 bits per heavy atom. The van der Waals surface area contributed by atoms with E-state index in [2.05, 4.69) is 0 Å². The summed E-state index contributed by atoms with van der Waals surface area (Å²) in [6.07, 6.45) is 0. The van der Waals surface area contributed by atoms with Crippen LogP contribution in [0.3, 0.4) is 0 Å². The Morgan fingerprint density at radius 1 is 1.05 bits per heavy atom. The average Bonchev–Trinajstić information content (AvgIpc) is 2.45. The lowest BCUT2D eigenvalue weighted by molar-refractivity contribution is 0.243. The van der Waals surface area contributed by atoms with Crippen LogP contribution in [0.2, 0.25) is 0 Å². The third kappa shape index (κ3) is 3.92. The zero-order valence-electron chi connectivity index (χ0n) is 11.6. The second-order valence-corrected chi connectivity index (χ2v) is 4.40. The molecule has 0 aromatic heterocycles. The molecule has 0 aliphatic carbocycles. The van der Waals surface area contributed by atoms with Crippen molar-refractivity contribution < 1.29 is 23.4 Å². The first kappa shape index (κ1) is 15.3. The molecular weight excluding hydrogens is 278 g/mol. The normalized spacial score (nSPS) is 10.5. The Bertz CT molecular complexity index is 594. The lowest BCUT2D eigenvalue weighted by atomic mass is 10.2. The van der Waals surface area contributed by atoms with Crippen molar-refractivity contribution in [2.24, 2.45) is 0 Å². The van der Waals surface area contributed by atoms with Crippen molar-refractivity contribution in [2.75, 3.05) is 6.61 Å². The molecule has 5 heteroatoms. The van der Waals surface area contributed by atoms with E-state index < -0.39 is 11.6 Å². The van der Waals surface area contributed by atoms with Gasteiger partial charge >= 0.3 is 0 Å². The quantitative estimate of drug-likeness (QED) is 0.887. The topological polar surface area (TPSA) is 38.7 Å². The molecule has 2 rings (SSSR count). The third-order valence-corrected chi connectivity index (χ3v) is 2.84. The van der Waals surface area contributed by atoms with E-state index in [-0.39, 0.29) is 13.2 Å². The Kier molecular flexibility index (Phi) is 5.11. The van der Waals surface area contributed by atoms with Gasteiger partial charge in [0.05, 0.1) is 13.2 Å². The highest BCUT2D eigenvalue weighted by atomic mass is 19.1. The number of aliphatic hydroxyl groups excluding tert-OH is 1. The lowest BCUT2D eigenvalue weighted by Crippen LogP contribution is -2.03. The standard InChI is InChI=1S/C16H16F2O3/c1-2-20-15-5-3-4-12(9-19)16(15)21-10-11-6-13(17)8-14(18)7-11/h3-8,19H,2,9-10H2,1H3. The minimum Gasteiger partial charge on any atom is -0.490 e. The molecule has 21 heavy (non-hydrogen) atoms. The average molecular weight is 294 g/mol. The fraction of sp³-hybridized carbons (Fsp3) is 0.250. The largest absolute Gasteiger partial charge is 0.490 e. The smallest absolute Gasteiger partial charge is 0.167 e. The van der Waals surface area contributed by atoms with E-state index in [0.717, 1.165) is 6.07 Å². The summed E-state index contributed by atoms with van der Waals surface area (Å²) in [5.74, 6) is -0.449. The number of hydrogen-bond acceptors (Lipinski definition) is 3. The molecule has 1 N–H and O–H groups in total. The predicted molar refractivity (Wildman–Crippen MR) is 74.2 cm³/mol. The molecule has 0 bridgehead atoms. The second kappa shape index (κ2) is 7.04. The van der Waals surface area contributed by atoms with Gasteiger partial charge in [0.2, 0.25) is 0 Å². The zero-order chi connectivity index (χ0) is 15.2. The van der Waals surface area contributed by atoms with Crippen LogP contribution in [0.15, 0.2) is 36.4 Å². The summed E-state index contributed by atoms with van der Waals surface area (Å²) in [5, 5.41) is 9.34. The van der Waals surface area contributed by atoms with Crippen molar-refractivity contribution in [1.29, 1.82) is 0 Å². The summed E-state index contributed by atoms with van der Waals surface area (Å²) in [6, 6.07) is 8.35. The van der Waals surface area contributed by atoms with Crippen LogP contribution in [0.4, 0.5) is 8.78 Å². The summed E-state index contributed by atoms with van der Waals surface area (Å²) in [6.45, 7) is 2.04. The highest BCUT2D eigenvalue weighted by molar-refractivity contribution is 5.46. The van der Waals surface area contributed by atoms with Gasteiger partial charge in [-0.15, -0.1) is 0 Å². The highest BCUT2D eigenvalue weighted by Gasteiger charge is 2.11. The summed E-state index contributed by atoms with van der Waals surface area (Å²) >= 11 is 0. The number of ether oxygens (including phenoxy) is 2. The fourth-order valence-electron chi connectivity index (χ4n) is 1.97. The molecule has 0 fully saturated rings. The number of hydrogen-bond donors (Lipinski definition) is 1. The number of benzene rings is 2. The van der Waals surface area contributed by atoms with Crippen molar-refractivity contribution in [3.63, 3.8) is 0 Å². The van der Waals surface area contributed by atoms with Crippen molar-refractivity contribution >= 4 is 0 Å². The summed E-state index contributed by atoms with van der Waals surface area (Å²) in [5.41, 5.74) is 0.917. The highest BCUT2D eigenvalue weighted by Crippen LogP contribution is 2.32. The van der Waals surface area contributed by atoms with Gasteiger partial charge in [0.1, 0.15) is 18.2 Å². The van der Waals surface area contributed by atoms with Crippen LogP contribution in [0, 0.1) is 11.6 Å². The minimum atomic E-state index is -0.658. The Labute approximate surface area is 121 Å². The summed E-state index contributed by atoms with van der Waals surface area (Å²) in [4.78, 5) is 0. The van der Waals surface area contributed by atoms with Crippen LogP contribution in [-0.2, 0) is 13.2 Å². The first-order chi connectivity index (χ1) is 10.1. The van der Waals surface area contributed by atoms with Crippen molar-refractivity contribution in [3.05, 3.63) is 59.2 Å². The molecule has 112 valence electrons. The van der Waals surface area contributed by atoms with E-state index in [4.69, 9.17) is 9.47 Å². The molecule has 0 saturated carbocycles. The van der Waals surface area contributed by atoms with E-state index >= 15 is 0 Å². The van der Waals surface area contributed by atoms with Gasteiger partial charge in [0.25, 0.3) is 0 Å². The molecule has 0 radical (unpaired) electrons. The Morgan fingerprint density at radius 2 is 1.76 bits per heavy atom. The van der Waals surface area contributed by atoms with Crippen molar-refractivity contribution in [1.82, 2.24) is 0 Å². The van der Waals surface area contributed by atoms with Crippen LogP contribution in [0.5, 0.6) is 11.5 Å². The second-order valence-electron chi connectivity index (χ2n) is 4.40. The van der Waals surface area contributed by atoms with Crippen molar-refractivity contribution in [2.45, 2.75) is 20.1 Å². The van der Waals surface area contributed by atoms with E-state index in [1.807, 2.05) is 6.92 Å². The van der Waals surface area contributed by atoms with Gasteiger partial charge in [-0.1, -0.05) is 12.1 Å². The molecule has 0 atom stereocenters. The molecule has 0 heterocycles. The van der Waals surface area contributed by atoms with E-state index in [9.17, 15) is 13.9 Å². The fourth-order valence-corrected chi connectivity index (χ4v) is 1.97. The molecule has 0 aliphatic rings. The first-order valence-electron chi connectivity index (χ1n) is 6.57. The number of rotatable bonds is 6. The minimum absolute atomic E-state index is 0.0221. The molecule has 0 saturated heterocycles. The van der Waals surface area contributed by atoms with E-state index in [1.54, 1.807) is 18.2 Å². The van der Waals surface area contributed by atoms with Crippen molar-refractivity contribution in [3.8, 4) is 11.5 Å². The third-order valence-electron chi connectivity index (χ3n) is 2.84. The number of para-hydroxylation sites is 1. The zero-order valence-corrected chi connectivity index (χ0v) is 11.6. The van der Waals surface area contributed by atoms with Crippen LogP contribution in [0.25, 0.3) is 0 Å². The van der Waals surface area contributed by atoms with Gasteiger partial charge in [-0.05, 0) is 30.7 Å². The molecule has 2 aromatic carbocycles. The van der Waals surface area contributed by atoms with Gasteiger partial charge in [-0.2, -0.15) is 0 Å². The molecular formula is C16H16F2O3. The van der Waals surface area contributed by atoms with Gasteiger partial charge in [0.15, 0.2) is 11.5 Å². The van der Waals surface area contributed by atoms with Crippen LogP contribution < -0.4 is 9.47 Å². The van der Waals surface area contributed by atoms with Crippen LogP contribution >= 0.6 is 0 Å². The maximum Gasteiger partial charge on any atom is 0.167 e. The van der Waals surface area contributed by atoms with Gasteiger partial charge < -0.3 is 14.6 Å². The lowest BCUT2D eigenvalue weighted by Gasteiger charge is -2.15. The van der Waals surface area contributed by atoms with E-state index in [0.29, 0.717) is 29.2 Å². The molecule has 2 aromatic rings. The summed E-state index contributed by atoms with van der Waals surface area (Å²) in [7, 11) is 0. The first-order valence-corrected chi connectivity index (χ1v) is 6.57. The molecule has 3 nitrogen and oxygen atoms in total. The maximum absolute atomic E-state index is 13.1. The van der Waals surface area contributed by atoms with Crippen LogP contribution in [-0.4, -0.2) is 11.7 Å².